The molecular formula is C37H62N2O9. The lowest BCUT2D eigenvalue weighted by molar-refractivity contribution is -0.299. The summed E-state index contributed by atoms with van der Waals surface area (Å²) < 4.78 is 31.9. The van der Waals surface area contributed by atoms with Crippen molar-refractivity contribution >= 4 is 23.4 Å². The molecule has 3 rings (SSSR count). The van der Waals surface area contributed by atoms with Crippen molar-refractivity contribution in [3.05, 3.63) is 12.2 Å². The zero-order valence-electron chi connectivity index (χ0n) is 31.4. The summed E-state index contributed by atoms with van der Waals surface area (Å²) in [4.78, 5) is 47.1. The van der Waals surface area contributed by atoms with Gasteiger partial charge in [-0.05, 0) is 91.6 Å². The zero-order valence-corrected chi connectivity index (χ0v) is 31.4. The Labute approximate surface area is 288 Å². The van der Waals surface area contributed by atoms with Crippen molar-refractivity contribution in [1.29, 1.82) is 0 Å². The fourth-order valence-corrected chi connectivity index (χ4v) is 8.44. The number of hydrogen-bond donors (Lipinski definition) is 1. The van der Waals surface area contributed by atoms with Gasteiger partial charge in [-0.25, -0.2) is 0 Å². The summed E-state index contributed by atoms with van der Waals surface area (Å²) in [6.07, 6.45) is -1.32. The van der Waals surface area contributed by atoms with Crippen molar-refractivity contribution in [1.82, 2.24) is 4.90 Å². The Morgan fingerprint density at radius 3 is 2.33 bits per heavy atom. The normalized spacial score (nSPS) is 43.2. The topological polar surface area (TPSA) is 133 Å². The fourth-order valence-electron chi connectivity index (χ4n) is 8.44. The highest BCUT2D eigenvalue weighted by atomic mass is 16.7. The lowest BCUT2D eigenvalue weighted by atomic mass is 9.68. The monoisotopic (exact) mass is 678 g/mol. The van der Waals surface area contributed by atoms with E-state index in [-0.39, 0.29) is 42.3 Å². The predicted octanol–water partition coefficient (Wildman–Crippen LogP) is 4.77. The molecular weight excluding hydrogens is 616 g/mol. The van der Waals surface area contributed by atoms with Crippen molar-refractivity contribution in [3.8, 4) is 0 Å². The summed E-state index contributed by atoms with van der Waals surface area (Å²) in [5.74, 6) is -4.25. The van der Waals surface area contributed by atoms with E-state index in [0.29, 0.717) is 32.1 Å². The highest BCUT2D eigenvalue weighted by molar-refractivity contribution is 6.00. The van der Waals surface area contributed by atoms with Crippen molar-refractivity contribution < 1.29 is 43.2 Å². The number of fused-ring (bicyclic) bond motifs is 5. The molecule has 11 nitrogen and oxygen atoms in total. The van der Waals surface area contributed by atoms with Crippen molar-refractivity contribution in [2.45, 2.75) is 142 Å². The number of carbonyl (C=O) groups excluding carboxylic acids is 3. The van der Waals surface area contributed by atoms with Crippen LogP contribution in [0, 0.1) is 29.6 Å². The van der Waals surface area contributed by atoms with Gasteiger partial charge in [-0.2, -0.15) is 0 Å². The van der Waals surface area contributed by atoms with E-state index in [4.69, 9.17) is 28.7 Å². The van der Waals surface area contributed by atoms with Crippen LogP contribution in [0.3, 0.4) is 0 Å². The van der Waals surface area contributed by atoms with Crippen LogP contribution in [0.1, 0.15) is 94.4 Å². The average Bonchev–Trinajstić information content (AvgIpc) is 3.01. The molecule has 0 radical (unpaired) electrons. The summed E-state index contributed by atoms with van der Waals surface area (Å²) in [5.41, 5.74) is -0.808. The molecule has 0 spiro atoms. The van der Waals surface area contributed by atoms with Crippen molar-refractivity contribution in [3.63, 3.8) is 0 Å². The van der Waals surface area contributed by atoms with Crippen LogP contribution in [0.25, 0.3) is 0 Å². The van der Waals surface area contributed by atoms with Gasteiger partial charge < -0.3 is 33.7 Å². The largest absolute Gasteiger partial charge is 0.459 e. The quantitative estimate of drug-likeness (QED) is 0.246. The van der Waals surface area contributed by atoms with Gasteiger partial charge in [-0.1, -0.05) is 39.8 Å². The fraction of sp³-hybridized carbons (Fsp3) is 0.838. The maximum atomic E-state index is 14.3. The minimum atomic E-state index is -1.41. The van der Waals surface area contributed by atoms with E-state index in [0.717, 1.165) is 11.3 Å². The number of carbonyl (C=O) groups is 3. The number of aliphatic imine (C=N–C) groups is 1. The molecule has 0 aromatic carbocycles. The second-order valence-corrected chi connectivity index (χ2v) is 15.2. The minimum absolute atomic E-state index is 0.152. The number of esters is 2. The smallest absolute Gasteiger partial charge is 0.316 e. The van der Waals surface area contributed by atoms with E-state index in [9.17, 15) is 19.5 Å². The third-order valence-electron chi connectivity index (χ3n) is 11.1. The van der Waals surface area contributed by atoms with Gasteiger partial charge in [0.15, 0.2) is 18.2 Å². The van der Waals surface area contributed by atoms with Gasteiger partial charge in [-0.15, -0.1) is 0 Å². The lowest BCUT2D eigenvalue weighted by Crippen LogP contribution is -2.60. The zero-order chi connectivity index (χ0) is 36.3. The summed E-state index contributed by atoms with van der Waals surface area (Å²) >= 11 is 0. The SMILES string of the molecule is C=C1CC[C@@H]2[C@@H](C)C(=NC)[C@H](C)C[C@@](C)(OC1)[C@H](OC1O[C@H](C)CC(N(C)C)[C@H]1OC(C)=O)[C@@H](C)C(=O)C(C)C(=O)O[C@H](CC)[C@@]2(C)O. The second kappa shape index (κ2) is 16.2. The number of nitrogens with zero attached hydrogens (tertiary/aromatic N) is 2. The van der Waals surface area contributed by atoms with E-state index in [1.54, 1.807) is 20.9 Å². The molecule has 1 N–H and O–H groups in total. The molecule has 0 aromatic rings. The van der Waals surface area contributed by atoms with Crippen LogP contribution >= 0.6 is 0 Å². The Bertz CT molecular complexity index is 1200. The molecule has 2 bridgehead atoms. The van der Waals surface area contributed by atoms with E-state index in [1.807, 2.05) is 39.8 Å². The number of rotatable bonds is 5. The van der Waals surface area contributed by atoms with Crippen LogP contribution in [0.4, 0.5) is 0 Å². The first-order valence-electron chi connectivity index (χ1n) is 17.7. The molecule has 3 aliphatic rings. The van der Waals surface area contributed by atoms with Crippen molar-refractivity contribution in [2.75, 3.05) is 27.7 Å². The number of ether oxygens (including phenoxy) is 5. The van der Waals surface area contributed by atoms with E-state index >= 15 is 0 Å². The molecule has 3 aliphatic heterocycles. The van der Waals surface area contributed by atoms with Crippen molar-refractivity contribution in [2.24, 2.45) is 34.6 Å². The van der Waals surface area contributed by atoms with Gasteiger partial charge in [0.1, 0.15) is 17.6 Å². The molecule has 0 aliphatic carbocycles. The Kier molecular flexibility index (Phi) is 13.6. The molecule has 11 heteroatoms. The highest BCUT2D eigenvalue weighted by Gasteiger charge is 2.52. The summed E-state index contributed by atoms with van der Waals surface area (Å²) in [5, 5.41) is 12.2. The maximum absolute atomic E-state index is 14.3. The maximum Gasteiger partial charge on any atom is 0.316 e. The van der Waals surface area contributed by atoms with Gasteiger partial charge in [0.2, 0.25) is 0 Å². The molecule has 48 heavy (non-hydrogen) atoms. The Balaban J connectivity index is 2.27. The highest BCUT2D eigenvalue weighted by Crippen LogP contribution is 2.43. The van der Waals surface area contributed by atoms with Gasteiger partial charge >= 0.3 is 11.9 Å². The van der Waals surface area contributed by atoms with Gasteiger partial charge in [0.25, 0.3) is 0 Å². The molecule has 0 saturated carbocycles. The Morgan fingerprint density at radius 2 is 1.77 bits per heavy atom. The molecule has 3 fully saturated rings. The number of Topliss-reactive ketones (excluding diaryl/α,β-unsaturated/α-hetero) is 1. The predicted molar refractivity (Wildman–Crippen MR) is 184 cm³/mol. The second-order valence-electron chi connectivity index (χ2n) is 15.2. The number of ketones is 1. The van der Waals surface area contributed by atoms with E-state index in [1.165, 1.54) is 13.8 Å². The number of likely N-dealkylation sites (N-methyl/N-ethyl adjacent to an activating group) is 1. The Hall–Kier alpha value is -2.18. The third-order valence-corrected chi connectivity index (χ3v) is 11.1. The first-order valence-corrected chi connectivity index (χ1v) is 17.7. The van der Waals surface area contributed by atoms with Gasteiger partial charge in [0, 0.05) is 25.6 Å². The first-order chi connectivity index (χ1) is 22.3. The molecule has 0 aromatic heterocycles. The van der Waals surface area contributed by atoms with Gasteiger partial charge in [-0.3, -0.25) is 19.4 Å². The van der Waals surface area contributed by atoms with Gasteiger partial charge in [0.05, 0.1) is 30.5 Å². The Morgan fingerprint density at radius 1 is 1.12 bits per heavy atom. The van der Waals surface area contributed by atoms with Crippen LogP contribution in [-0.2, 0) is 38.1 Å². The van der Waals surface area contributed by atoms with Crippen LogP contribution < -0.4 is 0 Å². The molecule has 274 valence electrons. The minimum Gasteiger partial charge on any atom is -0.459 e. The van der Waals surface area contributed by atoms with Crippen LogP contribution in [-0.4, -0.2) is 109 Å². The lowest BCUT2D eigenvalue weighted by Gasteiger charge is -2.48. The molecule has 0 amide bonds. The number of aliphatic hydroxyl groups is 1. The molecule has 3 heterocycles. The summed E-state index contributed by atoms with van der Waals surface area (Å²) in [6, 6.07) is -0.212. The molecule has 13 atom stereocenters. The van der Waals surface area contributed by atoms with Crippen LogP contribution in [0.2, 0.25) is 0 Å². The molecule has 3 unspecified atom stereocenters. The van der Waals surface area contributed by atoms with E-state index < -0.39 is 59.6 Å². The molecule has 3 saturated heterocycles. The standard InChI is InChI=1S/C37H62N2O9/c1-14-29-37(10,43)27-16-15-20(2)19-44-36(9,18-21(3)30(38-11)23(27)5)33(24(6)31(41)25(7)34(42)47-29)48-35-32(46-26(8)40)28(39(12)13)17-22(4)45-35/h21-25,27-29,32-33,35,43H,2,14-19H2,1,3-13H3/t21-,22-,23-,24+,25?,27-,28?,29-,32-,33-,35?,36-,37+/m1/s1. The van der Waals surface area contributed by atoms with Crippen LogP contribution in [0.5, 0.6) is 0 Å². The third kappa shape index (κ3) is 8.75. The van der Waals surface area contributed by atoms with Crippen LogP contribution in [0.15, 0.2) is 17.1 Å². The summed E-state index contributed by atoms with van der Waals surface area (Å²) in [7, 11) is 5.59. The number of hydrogen-bond acceptors (Lipinski definition) is 11. The summed E-state index contributed by atoms with van der Waals surface area (Å²) in [6.45, 7) is 20.8. The average molecular weight is 679 g/mol. The number of cyclic esters (lactones) is 1. The van der Waals surface area contributed by atoms with E-state index in [2.05, 4.69) is 20.4 Å². The first kappa shape index (κ1) is 40.3.